The van der Waals surface area contributed by atoms with Gasteiger partial charge in [-0.3, -0.25) is 19.3 Å². The summed E-state index contributed by atoms with van der Waals surface area (Å²) >= 11 is 0. The number of amides is 1. The predicted octanol–water partition coefficient (Wildman–Crippen LogP) is 2.30. The largest absolute Gasteiger partial charge is 0.503 e. The van der Waals surface area contributed by atoms with Crippen LogP contribution in [-0.2, 0) is 13.0 Å². The molecule has 0 bridgehead atoms. The molecule has 4 heterocycles. The minimum Gasteiger partial charge on any atom is -0.503 e. The summed E-state index contributed by atoms with van der Waals surface area (Å²) in [6, 6.07) is 3.38. The summed E-state index contributed by atoms with van der Waals surface area (Å²) < 4.78 is 28.5. The number of Topliss-reactive ketones (excluding diaryl/α,β-unsaturated/α-hetero) is 1. The van der Waals surface area contributed by atoms with Gasteiger partial charge >= 0.3 is 0 Å². The lowest BCUT2D eigenvalue weighted by Crippen LogP contribution is -2.51. The first-order chi connectivity index (χ1) is 15.3. The van der Waals surface area contributed by atoms with Crippen LogP contribution in [-0.4, -0.2) is 56.5 Å². The van der Waals surface area contributed by atoms with Gasteiger partial charge in [0.25, 0.3) is 5.91 Å². The Labute approximate surface area is 182 Å². The molecule has 3 aliphatic rings. The molecule has 168 valence electrons. The summed E-state index contributed by atoms with van der Waals surface area (Å²) in [6.07, 6.45) is 4.14. The van der Waals surface area contributed by atoms with Crippen LogP contribution in [0.4, 0.5) is 8.78 Å². The number of aromatic nitrogens is 1. The quantitative estimate of drug-likeness (QED) is 0.734. The van der Waals surface area contributed by atoms with Gasteiger partial charge in [-0.2, -0.15) is 0 Å². The molecule has 1 aromatic carbocycles. The number of aromatic hydroxyl groups is 1. The smallest absolute Gasteiger partial charge is 0.275 e. The average molecular weight is 443 g/mol. The number of hydrogen-bond acceptors (Lipinski definition) is 5. The third-order valence-corrected chi connectivity index (χ3v) is 6.84. The zero-order valence-corrected chi connectivity index (χ0v) is 17.4. The highest BCUT2D eigenvalue weighted by atomic mass is 19.1. The second-order valence-corrected chi connectivity index (χ2v) is 8.71. The third-order valence-electron chi connectivity index (χ3n) is 6.84. The van der Waals surface area contributed by atoms with Crippen molar-refractivity contribution in [2.24, 2.45) is 0 Å². The second kappa shape index (κ2) is 7.81. The lowest BCUT2D eigenvalue weighted by molar-refractivity contribution is 0.0452. The first kappa shape index (κ1) is 20.8. The Morgan fingerprint density at radius 3 is 2.75 bits per heavy atom. The van der Waals surface area contributed by atoms with Crippen molar-refractivity contribution in [1.29, 1.82) is 0 Å². The van der Waals surface area contributed by atoms with E-state index in [1.54, 1.807) is 4.90 Å². The number of halogens is 2. The van der Waals surface area contributed by atoms with E-state index in [0.29, 0.717) is 13.1 Å². The minimum atomic E-state index is -0.899. The molecule has 2 fully saturated rings. The molecule has 0 saturated carbocycles. The van der Waals surface area contributed by atoms with Crippen molar-refractivity contribution in [2.45, 2.75) is 50.9 Å². The van der Waals surface area contributed by atoms with E-state index in [-0.39, 0.29) is 41.9 Å². The van der Waals surface area contributed by atoms with Crippen LogP contribution < -0.4 is 5.43 Å². The van der Waals surface area contributed by atoms with E-state index >= 15 is 0 Å². The topological polar surface area (TPSA) is 82.8 Å². The van der Waals surface area contributed by atoms with Gasteiger partial charge in [-0.05, 0) is 30.9 Å². The Hall–Kier alpha value is -3.07. The Morgan fingerprint density at radius 1 is 1.16 bits per heavy atom. The number of pyridine rings is 1. The standard InChI is InChI=1S/C23H23F2N3O4/c24-14-6-4-13(17(25)9-14)5-7-18(29)16-11-26-12-19-27-8-2-1-3-15(27)10-28(19)23(32)20(26)22(31)21(16)30/h4,6,9,11,15,19,31H,1-3,5,7-8,10,12H2/t15-,19-/m0/s1. The molecule has 0 unspecified atom stereocenters. The van der Waals surface area contributed by atoms with E-state index in [4.69, 9.17) is 0 Å². The van der Waals surface area contributed by atoms with Crippen molar-refractivity contribution in [3.8, 4) is 5.75 Å². The maximum absolute atomic E-state index is 13.9. The molecule has 1 N–H and O–H groups in total. The van der Waals surface area contributed by atoms with Crippen LogP contribution in [0.15, 0.2) is 29.2 Å². The molecular formula is C23H23F2N3O4. The van der Waals surface area contributed by atoms with Crippen molar-refractivity contribution in [3.63, 3.8) is 0 Å². The summed E-state index contributed by atoms with van der Waals surface area (Å²) in [6.45, 7) is 1.81. The van der Waals surface area contributed by atoms with Crippen LogP contribution in [0.1, 0.15) is 52.1 Å². The van der Waals surface area contributed by atoms with Gasteiger partial charge in [-0.1, -0.05) is 12.5 Å². The Kier molecular flexibility index (Phi) is 5.08. The van der Waals surface area contributed by atoms with Gasteiger partial charge in [0.1, 0.15) is 17.8 Å². The fourth-order valence-corrected chi connectivity index (χ4v) is 5.20. The van der Waals surface area contributed by atoms with Gasteiger partial charge in [0, 0.05) is 37.8 Å². The highest BCUT2D eigenvalue weighted by molar-refractivity contribution is 6.00. The number of carbonyl (C=O) groups is 2. The first-order valence-electron chi connectivity index (χ1n) is 10.9. The lowest BCUT2D eigenvalue weighted by Gasteiger charge is -2.38. The van der Waals surface area contributed by atoms with Crippen molar-refractivity contribution in [3.05, 3.63) is 63.1 Å². The number of nitrogens with zero attached hydrogens (tertiary/aromatic N) is 3. The molecule has 9 heteroatoms. The van der Waals surface area contributed by atoms with E-state index in [9.17, 15) is 28.3 Å². The van der Waals surface area contributed by atoms with Gasteiger partial charge in [0.15, 0.2) is 17.2 Å². The Morgan fingerprint density at radius 2 is 1.97 bits per heavy atom. The van der Waals surface area contributed by atoms with Crippen LogP contribution in [0.2, 0.25) is 0 Å². The van der Waals surface area contributed by atoms with E-state index in [1.165, 1.54) is 16.8 Å². The molecule has 2 saturated heterocycles. The molecule has 1 amide bonds. The van der Waals surface area contributed by atoms with Crippen LogP contribution in [0, 0.1) is 11.6 Å². The SMILES string of the molecule is O=C(CCc1ccc(F)cc1F)c1cn2c(c(O)c1=O)C(=O)N1C[C@@H]3CCCCN3[C@@H]1C2. The molecule has 32 heavy (non-hydrogen) atoms. The van der Waals surface area contributed by atoms with Crippen LogP contribution in [0.25, 0.3) is 0 Å². The van der Waals surface area contributed by atoms with Crippen molar-refractivity contribution < 1.29 is 23.5 Å². The molecular weight excluding hydrogens is 420 g/mol. The lowest BCUT2D eigenvalue weighted by atomic mass is 10.0. The van der Waals surface area contributed by atoms with Gasteiger partial charge in [0.05, 0.1) is 12.1 Å². The van der Waals surface area contributed by atoms with Crippen molar-refractivity contribution in [2.75, 3.05) is 13.1 Å². The molecule has 0 spiro atoms. The summed E-state index contributed by atoms with van der Waals surface area (Å²) in [5.74, 6) is -3.17. The maximum Gasteiger partial charge on any atom is 0.275 e. The summed E-state index contributed by atoms with van der Waals surface area (Å²) in [7, 11) is 0. The van der Waals surface area contributed by atoms with Gasteiger partial charge in [-0.15, -0.1) is 0 Å². The Balaban J connectivity index is 1.43. The number of piperidine rings is 1. The predicted molar refractivity (Wildman–Crippen MR) is 111 cm³/mol. The second-order valence-electron chi connectivity index (χ2n) is 8.71. The molecule has 7 nitrogen and oxygen atoms in total. The van der Waals surface area contributed by atoms with Crippen LogP contribution >= 0.6 is 0 Å². The highest BCUT2D eigenvalue weighted by Crippen LogP contribution is 2.34. The number of hydrogen-bond donors (Lipinski definition) is 1. The van der Waals surface area contributed by atoms with Gasteiger partial charge in [-0.25, -0.2) is 8.78 Å². The number of carbonyl (C=O) groups excluding carboxylic acids is 2. The zero-order valence-electron chi connectivity index (χ0n) is 17.4. The number of fused-ring (bicyclic) bond motifs is 4. The summed E-state index contributed by atoms with van der Waals surface area (Å²) in [5, 5.41) is 10.5. The number of ketones is 1. The monoisotopic (exact) mass is 443 g/mol. The van der Waals surface area contributed by atoms with Crippen molar-refractivity contribution >= 4 is 11.7 Å². The summed E-state index contributed by atoms with van der Waals surface area (Å²) in [4.78, 5) is 42.6. The van der Waals surface area contributed by atoms with Crippen LogP contribution in [0.3, 0.4) is 0 Å². The van der Waals surface area contributed by atoms with E-state index in [1.807, 2.05) is 0 Å². The molecule has 3 aliphatic heterocycles. The number of benzene rings is 1. The fourth-order valence-electron chi connectivity index (χ4n) is 5.20. The fraction of sp³-hybridized carbons (Fsp3) is 0.435. The zero-order chi connectivity index (χ0) is 22.6. The number of rotatable bonds is 4. The van der Waals surface area contributed by atoms with E-state index in [0.717, 1.165) is 37.9 Å². The molecule has 0 radical (unpaired) electrons. The van der Waals surface area contributed by atoms with Crippen molar-refractivity contribution in [1.82, 2.24) is 14.4 Å². The Bertz CT molecular complexity index is 1180. The minimum absolute atomic E-state index is 0.0162. The summed E-state index contributed by atoms with van der Waals surface area (Å²) in [5.41, 5.74) is -1.06. The maximum atomic E-state index is 13.9. The normalized spacial score (nSPS) is 22.4. The van der Waals surface area contributed by atoms with Gasteiger partial charge < -0.3 is 14.6 Å². The number of aryl methyl sites for hydroxylation is 1. The molecule has 2 aromatic rings. The van der Waals surface area contributed by atoms with Gasteiger partial charge in [0.2, 0.25) is 5.43 Å². The highest BCUT2D eigenvalue weighted by Gasteiger charge is 2.47. The molecule has 0 aliphatic carbocycles. The average Bonchev–Trinajstić information content (AvgIpc) is 3.14. The molecule has 2 atom stereocenters. The van der Waals surface area contributed by atoms with E-state index < -0.39 is 34.5 Å². The third kappa shape index (κ3) is 3.31. The molecule has 5 rings (SSSR count). The molecule has 1 aromatic heterocycles. The first-order valence-corrected chi connectivity index (χ1v) is 10.9. The van der Waals surface area contributed by atoms with Crippen LogP contribution in [0.5, 0.6) is 5.75 Å². The van der Waals surface area contributed by atoms with E-state index in [2.05, 4.69) is 4.90 Å².